The van der Waals surface area contributed by atoms with Crippen LogP contribution >= 0.6 is 23.5 Å². The number of hydrogen-bond acceptors (Lipinski definition) is 5. The van der Waals surface area contributed by atoms with E-state index in [1.54, 1.807) is 0 Å². The first-order chi connectivity index (χ1) is 11.4. The summed E-state index contributed by atoms with van der Waals surface area (Å²) in [7, 11) is 0. The summed E-state index contributed by atoms with van der Waals surface area (Å²) in [4.78, 5) is 9.03. The molecule has 0 bridgehead atoms. The molecule has 0 atom stereocenters. The van der Waals surface area contributed by atoms with Gasteiger partial charge in [0.05, 0.1) is 30.5 Å². The molecular formula is C18H24N2OS2. The molecule has 0 aromatic carbocycles. The summed E-state index contributed by atoms with van der Waals surface area (Å²) >= 11 is 3.83. The molecule has 2 rings (SSSR count). The van der Waals surface area contributed by atoms with Crippen LogP contribution < -0.4 is 0 Å². The van der Waals surface area contributed by atoms with Crippen LogP contribution in [0.5, 0.6) is 0 Å². The lowest BCUT2D eigenvalue weighted by Crippen LogP contribution is -2.09. The van der Waals surface area contributed by atoms with Crippen molar-refractivity contribution in [3.05, 3.63) is 60.2 Å². The average Bonchev–Trinajstić information content (AvgIpc) is 2.62. The van der Waals surface area contributed by atoms with E-state index in [4.69, 9.17) is 4.74 Å². The molecule has 2 aromatic heterocycles. The Morgan fingerprint density at radius 1 is 0.913 bits per heavy atom. The summed E-state index contributed by atoms with van der Waals surface area (Å²) in [5.41, 5.74) is 2.16. The van der Waals surface area contributed by atoms with Gasteiger partial charge in [-0.2, -0.15) is 23.5 Å². The Morgan fingerprint density at radius 3 is 2.04 bits per heavy atom. The molecule has 3 nitrogen and oxygen atoms in total. The Hall–Kier alpha value is -1.04. The highest BCUT2D eigenvalue weighted by Gasteiger charge is 2.16. The highest BCUT2D eigenvalue weighted by atomic mass is 32.2. The van der Waals surface area contributed by atoms with Gasteiger partial charge in [-0.15, -0.1) is 0 Å². The quantitative estimate of drug-likeness (QED) is 0.571. The second-order valence-corrected chi connectivity index (χ2v) is 7.49. The molecule has 0 N–H and O–H groups in total. The number of hydrogen-bond donors (Lipinski definition) is 0. The Morgan fingerprint density at radius 2 is 1.52 bits per heavy atom. The lowest BCUT2D eigenvalue weighted by molar-refractivity contribution is 0.167. The van der Waals surface area contributed by atoms with E-state index in [2.05, 4.69) is 29.0 Å². The molecular weight excluding hydrogens is 324 g/mol. The summed E-state index contributed by atoms with van der Waals surface area (Å²) in [6.07, 6.45) is 3.70. The number of aromatic nitrogens is 2. The van der Waals surface area contributed by atoms with Crippen molar-refractivity contribution < 1.29 is 4.74 Å². The minimum atomic E-state index is 0.234. The van der Waals surface area contributed by atoms with E-state index >= 15 is 0 Å². The van der Waals surface area contributed by atoms with E-state index in [1.165, 1.54) is 0 Å². The van der Waals surface area contributed by atoms with E-state index in [-0.39, 0.29) is 5.92 Å². The van der Waals surface area contributed by atoms with E-state index in [1.807, 2.05) is 60.2 Å². The van der Waals surface area contributed by atoms with Crippen LogP contribution in [0.2, 0.25) is 0 Å². The molecule has 0 spiro atoms. The number of ether oxygens (including phenoxy) is 1. The van der Waals surface area contributed by atoms with Crippen molar-refractivity contribution in [1.29, 1.82) is 0 Å². The van der Waals surface area contributed by atoms with Gasteiger partial charge in [0.25, 0.3) is 0 Å². The van der Waals surface area contributed by atoms with E-state index in [0.717, 1.165) is 47.6 Å². The van der Waals surface area contributed by atoms with Gasteiger partial charge >= 0.3 is 0 Å². The van der Waals surface area contributed by atoms with Crippen LogP contribution in [0, 0.1) is 0 Å². The molecule has 23 heavy (non-hydrogen) atoms. The lowest BCUT2D eigenvalue weighted by Gasteiger charge is -2.15. The molecule has 0 unspecified atom stereocenters. The number of thioether (sulfide) groups is 2. The van der Waals surface area contributed by atoms with Crippen molar-refractivity contribution in [2.24, 2.45) is 0 Å². The Kier molecular flexibility index (Phi) is 9.14. The summed E-state index contributed by atoms with van der Waals surface area (Å²) in [5, 5.41) is 0. The first kappa shape index (κ1) is 18.3. The predicted octanol–water partition coefficient (Wildman–Crippen LogP) is 4.11. The lowest BCUT2D eigenvalue weighted by atomic mass is 10.0. The Bertz CT molecular complexity index is 486. The van der Waals surface area contributed by atoms with Crippen LogP contribution in [-0.2, 0) is 4.74 Å². The third-order valence-electron chi connectivity index (χ3n) is 3.32. The van der Waals surface area contributed by atoms with Crippen molar-refractivity contribution in [1.82, 2.24) is 9.97 Å². The molecule has 124 valence electrons. The molecule has 0 aliphatic rings. The average molecular weight is 349 g/mol. The maximum atomic E-state index is 5.66. The van der Waals surface area contributed by atoms with Crippen molar-refractivity contribution in [2.45, 2.75) is 12.8 Å². The predicted molar refractivity (Wildman–Crippen MR) is 101 cm³/mol. The monoisotopic (exact) mass is 348 g/mol. The van der Waals surface area contributed by atoms with Gasteiger partial charge in [0.1, 0.15) is 0 Å². The maximum Gasteiger partial charge on any atom is 0.0557 e. The van der Waals surface area contributed by atoms with Crippen LogP contribution in [-0.4, -0.2) is 46.2 Å². The van der Waals surface area contributed by atoms with Gasteiger partial charge in [-0.3, -0.25) is 9.97 Å². The van der Waals surface area contributed by atoms with Gasteiger partial charge in [-0.05, 0) is 30.0 Å². The zero-order valence-electron chi connectivity index (χ0n) is 13.6. The summed E-state index contributed by atoms with van der Waals surface area (Å²) in [6.45, 7) is 3.84. The summed E-state index contributed by atoms with van der Waals surface area (Å²) in [5.74, 6) is 4.46. The fraction of sp³-hybridized carbons (Fsp3) is 0.444. The molecule has 0 fully saturated rings. The molecule has 5 heteroatoms. The van der Waals surface area contributed by atoms with Gasteiger partial charge in [0, 0.05) is 29.7 Å². The minimum Gasteiger partial charge on any atom is -0.380 e. The highest BCUT2D eigenvalue weighted by molar-refractivity contribution is 7.99. The third-order valence-corrected chi connectivity index (χ3v) is 5.21. The largest absolute Gasteiger partial charge is 0.380 e. The van der Waals surface area contributed by atoms with Crippen molar-refractivity contribution in [2.75, 3.05) is 36.2 Å². The maximum absolute atomic E-state index is 5.66. The standard InChI is InChI=1S/C18H24N2OS2/c1-2-22-13-11-21-12-14-23-15-16(17-7-3-5-9-19-17)18-8-4-6-10-20-18/h3-10,16H,2,11-15H2,1H3. The number of pyridine rings is 2. The van der Waals surface area contributed by atoms with Crippen LogP contribution in [0.15, 0.2) is 48.8 Å². The molecule has 2 heterocycles. The van der Waals surface area contributed by atoms with Crippen LogP contribution in [0.4, 0.5) is 0 Å². The van der Waals surface area contributed by atoms with Gasteiger partial charge in [0.2, 0.25) is 0 Å². The smallest absolute Gasteiger partial charge is 0.0557 e. The first-order valence-electron chi connectivity index (χ1n) is 7.97. The molecule has 0 aliphatic carbocycles. The van der Waals surface area contributed by atoms with Gasteiger partial charge < -0.3 is 4.74 Å². The molecule has 2 aromatic rings. The zero-order chi connectivity index (χ0) is 16.2. The Balaban J connectivity index is 1.80. The topological polar surface area (TPSA) is 35.0 Å². The fourth-order valence-corrected chi connectivity index (χ4v) is 3.67. The van der Waals surface area contributed by atoms with E-state index in [0.29, 0.717) is 0 Å². The Labute approximate surface area is 147 Å². The summed E-state index contributed by atoms with van der Waals surface area (Å²) in [6, 6.07) is 12.1. The third kappa shape index (κ3) is 6.94. The van der Waals surface area contributed by atoms with Gasteiger partial charge in [0.15, 0.2) is 0 Å². The van der Waals surface area contributed by atoms with Crippen molar-refractivity contribution >= 4 is 23.5 Å². The summed E-state index contributed by atoms with van der Waals surface area (Å²) < 4.78 is 5.66. The van der Waals surface area contributed by atoms with Gasteiger partial charge in [-0.1, -0.05) is 19.1 Å². The van der Waals surface area contributed by atoms with Crippen LogP contribution in [0.25, 0.3) is 0 Å². The number of nitrogens with zero attached hydrogens (tertiary/aromatic N) is 2. The number of rotatable bonds is 11. The van der Waals surface area contributed by atoms with Crippen molar-refractivity contribution in [3.8, 4) is 0 Å². The van der Waals surface area contributed by atoms with E-state index < -0.39 is 0 Å². The van der Waals surface area contributed by atoms with Gasteiger partial charge in [-0.25, -0.2) is 0 Å². The first-order valence-corrected chi connectivity index (χ1v) is 10.3. The fourth-order valence-electron chi connectivity index (χ4n) is 2.17. The zero-order valence-corrected chi connectivity index (χ0v) is 15.2. The van der Waals surface area contributed by atoms with Crippen molar-refractivity contribution in [3.63, 3.8) is 0 Å². The second kappa shape index (κ2) is 11.5. The molecule has 0 aliphatic heterocycles. The molecule has 0 radical (unpaired) electrons. The molecule has 0 saturated carbocycles. The molecule has 0 amide bonds. The second-order valence-electron chi connectivity index (χ2n) is 4.95. The minimum absolute atomic E-state index is 0.234. The normalized spacial score (nSPS) is 11.0. The van der Waals surface area contributed by atoms with Crippen LogP contribution in [0.1, 0.15) is 24.2 Å². The highest BCUT2D eigenvalue weighted by Crippen LogP contribution is 2.25. The SMILES string of the molecule is CCSCCOCCSCC(c1ccccn1)c1ccccn1. The molecule has 0 saturated heterocycles. The van der Waals surface area contributed by atoms with Crippen LogP contribution in [0.3, 0.4) is 0 Å². The van der Waals surface area contributed by atoms with E-state index in [9.17, 15) is 0 Å².